The van der Waals surface area contributed by atoms with Gasteiger partial charge in [0, 0.05) is 43.0 Å². The molecule has 0 unspecified atom stereocenters. The van der Waals surface area contributed by atoms with Crippen LogP contribution in [0.15, 0.2) is 66.7 Å². The number of ether oxygens (including phenoxy) is 2. The molecular formula is C28H30ClN3O4. The largest absolute Gasteiger partial charge is 0.497 e. The lowest BCUT2D eigenvalue weighted by Crippen LogP contribution is -2.48. The van der Waals surface area contributed by atoms with Gasteiger partial charge in [-0.25, -0.2) is 0 Å². The van der Waals surface area contributed by atoms with Crippen molar-refractivity contribution in [3.63, 3.8) is 0 Å². The second-order valence-corrected chi connectivity index (χ2v) is 8.91. The zero-order valence-corrected chi connectivity index (χ0v) is 21.3. The average Bonchev–Trinajstić information content (AvgIpc) is 2.92. The molecule has 0 saturated carbocycles. The molecule has 4 rings (SSSR count). The maximum atomic E-state index is 12.9. The topological polar surface area (TPSA) is 71.1 Å². The van der Waals surface area contributed by atoms with E-state index in [0.29, 0.717) is 60.4 Å². The SMILES string of the molecule is CCCOc1ccc(C(=O)N2CCN(c3ccc(NC(=O)c4ccc(OC)cc4)cc3Cl)CC2)cc1. The van der Waals surface area contributed by atoms with Crippen LogP contribution in [0.1, 0.15) is 34.1 Å². The Hall–Kier alpha value is -3.71. The number of methoxy groups -OCH3 is 1. The molecule has 7 nitrogen and oxygen atoms in total. The minimum atomic E-state index is -0.224. The van der Waals surface area contributed by atoms with Gasteiger partial charge in [0.1, 0.15) is 11.5 Å². The average molecular weight is 508 g/mol. The first kappa shape index (κ1) is 25.4. The molecule has 188 valence electrons. The van der Waals surface area contributed by atoms with Gasteiger partial charge < -0.3 is 24.6 Å². The summed E-state index contributed by atoms with van der Waals surface area (Å²) in [7, 11) is 1.58. The van der Waals surface area contributed by atoms with E-state index >= 15 is 0 Å². The minimum Gasteiger partial charge on any atom is -0.497 e. The summed E-state index contributed by atoms with van der Waals surface area (Å²) in [4.78, 5) is 29.5. The lowest BCUT2D eigenvalue weighted by Gasteiger charge is -2.36. The van der Waals surface area contributed by atoms with E-state index in [1.807, 2.05) is 41.3 Å². The zero-order chi connectivity index (χ0) is 25.5. The Morgan fingerprint density at radius 2 is 1.53 bits per heavy atom. The number of nitrogens with one attached hydrogen (secondary N) is 1. The summed E-state index contributed by atoms with van der Waals surface area (Å²) in [5, 5.41) is 3.42. The van der Waals surface area contributed by atoms with E-state index in [1.165, 1.54) is 0 Å². The molecule has 0 bridgehead atoms. The number of rotatable bonds is 8. The van der Waals surface area contributed by atoms with Gasteiger partial charge in [-0.15, -0.1) is 0 Å². The van der Waals surface area contributed by atoms with Crippen molar-refractivity contribution in [2.45, 2.75) is 13.3 Å². The van der Waals surface area contributed by atoms with Crippen LogP contribution in [0.4, 0.5) is 11.4 Å². The first-order chi connectivity index (χ1) is 17.5. The van der Waals surface area contributed by atoms with Crippen molar-refractivity contribution < 1.29 is 19.1 Å². The summed E-state index contributed by atoms with van der Waals surface area (Å²) < 4.78 is 10.7. The summed E-state index contributed by atoms with van der Waals surface area (Å²) in [5.41, 5.74) is 2.68. The zero-order valence-electron chi connectivity index (χ0n) is 20.5. The summed E-state index contributed by atoms with van der Waals surface area (Å²) in [6, 6.07) is 19.7. The summed E-state index contributed by atoms with van der Waals surface area (Å²) in [6.07, 6.45) is 0.941. The van der Waals surface area contributed by atoms with E-state index in [1.54, 1.807) is 37.4 Å². The molecule has 3 aromatic carbocycles. The van der Waals surface area contributed by atoms with Crippen molar-refractivity contribution in [1.82, 2.24) is 4.90 Å². The second-order valence-electron chi connectivity index (χ2n) is 8.50. The molecule has 0 aliphatic carbocycles. The van der Waals surface area contributed by atoms with Crippen molar-refractivity contribution in [3.05, 3.63) is 82.9 Å². The Balaban J connectivity index is 1.33. The van der Waals surface area contributed by atoms with Gasteiger partial charge in [0.15, 0.2) is 0 Å². The Labute approximate surface area is 216 Å². The van der Waals surface area contributed by atoms with Crippen molar-refractivity contribution in [3.8, 4) is 11.5 Å². The van der Waals surface area contributed by atoms with Crippen LogP contribution in [-0.4, -0.2) is 56.6 Å². The highest BCUT2D eigenvalue weighted by Gasteiger charge is 2.23. The van der Waals surface area contributed by atoms with Gasteiger partial charge in [-0.3, -0.25) is 9.59 Å². The fourth-order valence-electron chi connectivity index (χ4n) is 4.03. The number of piperazine rings is 1. The van der Waals surface area contributed by atoms with Crippen molar-refractivity contribution in [2.24, 2.45) is 0 Å². The molecule has 2 amide bonds. The number of benzene rings is 3. The molecule has 1 heterocycles. The fraction of sp³-hybridized carbons (Fsp3) is 0.286. The number of carbonyl (C=O) groups is 2. The smallest absolute Gasteiger partial charge is 0.255 e. The van der Waals surface area contributed by atoms with Crippen molar-refractivity contribution in [2.75, 3.05) is 50.1 Å². The summed E-state index contributed by atoms with van der Waals surface area (Å²) in [5.74, 6) is 1.25. The summed E-state index contributed by atoms with van der Waals surface area (Å²) in [6.45, 7) is 5.24. The molecule has 1 aliphatic heterocycles. The lowest BCUT2D eigenvalue weighted by molar-refractivity contribution is 0.0746. The monoisotopic (exact) mass is 507 g/mol. The third kappa shape index (κ3) is 6.10. The van der Waals surface area contributed by atoms with Crippen LogP contribution in [0.5, 0.6) is 11.5 Å². The van der Waals surface area contributed by atoms with Crippen molar-refractivity contribution >= 4 is 34.8 Å². The van der Waals surface area contributed by atoms with Gasteiger partial charge >= 0.3 is 0 Å². The van der Waals surface area contributed by atoms with E-state index in [-0.39, 0.29) is 11.8 Å². The Kier molecular flexibility index (Phi) is 8.33. The Morgan fingerprint density at radius 3 is 2.14 bits per heavy atom. The highest BCUT2D eigenvalue weighted by molar-refractivity contribution is 6.33. The number of carbonyl (C=O) groups excluding carboxylic acids is 2. The van der Waals surface area contributed by atoms with Crippen LogP contribution in [0, 0.1) is 0 Å². The van der Waals surface area contributed by atoms with Gasteiger partial charge in [-0.2, -0.15) is 0 Å². The Morgan fingerprint density at radius 1 is 0.889 bits per heavy atom. The molecule has 1 saturated heterocycles. The number of nitrogens with zero attached hydrogens (tertiary/aromatic N) is 2. The molecule has 3 aromatic rings. The van der Waals surface area contributed by atoms with Crippen LogP contribution in [0.25, 0.3) is 0 Å². The quantitative estimate of drug-likeness (QED) is 0.445. The Bertz CT molecular complexity index is 1190. The van der Waals surface area contributed by atoms with E-state index in [0.717, 1.165) is 17.9 Å². The maximum Gasteiger partial charge on any atom is 0.255 e. The van der Waals surface area contributed by atoms with Crippen molar-refractivity contribution in [1.29, 1.82) is 0 Å². The van der Waals surface area contributed by atoms with Gasteiger partial charge in [0.05, 0.1) is 24.4 Å². The molecule has 1 fully saturated rings. The van der Waals surface area contributed by atoms with E-state index in [4.69, 9.17) is 21.1 Å². The molecule has 0 spiro atoms. The van der Waals surface area contributed by atoms with Crippen LogP contribution in [0.3, 0.4) is 0 Å². The molecule has 0 aromatic heterocycles. The molecular weight excluding hydrogens is 478 g/mol. The lowest BCUT2D eigenvalue weighted by atomic mass is 10.1. The third-order valence-electron chi connectivity index (χ3n) is 6.04. The van der Waals surface area contributed by atoms with E-state index < -0.39 is 0 Å². The highest BCUT2D eigenvalue weighted by Crippen LogP contribution is 2.30. The first-order valence-corrected chi connectivity index (χ1v) is 12.4. The van der Waals surface area contributed by atoms with Gasteiger partial charge in [0.25, 0.3) is 11.8 Å². The number of hydrogen-bond acceptors (Lipinski definition) is 5. The van der Waals surface area contributed by atoms with E-state index in [2.05, 4.69) is 17.1 Å². The maximum absolute atomic E-state index is 12.9. The van der Waals surface area contributed by atoms with Crippen LogP contribution in [0.2, 0.25) is 5.02 Å². The normalized spacial score (nSPS) is 13.3. The first-order valence-electron chi connectivity index (χ1n) is 12.0. The van der Waals surface area contributed by atoms with E-state index in [9.17, 15) is 9.59 Å². The third-order valence-corrected chi connectivity index (χ3v) is 6.34. The number of anilines is 2. The molecule has 8 heteroatoms. The molecule has 36 heavy (non-hydrogen) atoms. The minimum absolute atomic E-state index is 0.0133. The molecule has 1 N–H and O–H groups in total. The molecule has 0 radical (unpaired) electrons. The number of amides is 2. The van der Waals surface area contributed by atoms with Gasteiger partial charge in [0.2, 0.25) is 0 Å². The van der Waals surface area contributed by atoms with Gasteiger partial charge in [-0.05, 0) is 73.2 Å². The number of halogens is 1. The predicted molar refractivity (Wildman–Crippen MR) is 143 cm³/mol. The highest BCUT2D eigenvalue weighted by atomic mass is 35.5. The predicted octanol–water partition coefficient (Wildman–Crippen LogP) is 5.35. The second kappa shape index (κ2) is 11.8. The fourth-order valence-corrected chi connectivity index (χ4v) is 4.33. The summed E-state index contributed by atoms with van der Waals surface area (Å²) >= 11 is 6.58. The molecule has 0 atom stereocenters. The van der Waals surface area contributed by atoms with Gasteiger partial charge in [-0.1, -0.05) is 18.5 Å². The standard InChI is InChI=1S/C28H30ClN3O4/c1-3-18-36-24-11-6-21(7-12-24)28(34)32-16-14-31(15-17-32)26-13-8-22(19-25(26)29)30-27(33)20-4-9-23(35-2)10-5-20/h4-13,19H,3,14-18H2,1-2H3,(H,30,33). The van der Waals surface area contributed by atoms with Crippen LogP contribution in [-0.2, 0) is 0 Å². The number of hydrogen-bond donors (Lipinski definition) is 1. The van der Waals surface area contributed by atoms with Crippen LogP contribution >= 0.6 is 11.6 Å². The molecule has 1 aliphatic rings. The van der Waals surface area contributed by atoms with Crippen LogP contribution < -0.4 is 19.7 Å².